The summed E-state index contributed by atoms with van der Waals surface area (Å²) in [7, 11) is 0. The number of anilines is 2. The van der Waals surface area contributed by atoms with E-state index in [0.29, 0.717) is 16.5 Å². The SMILES string of the molecule is CC(Nc1ccc(Cl)nc1C(=O)O)c1cccc2c1nc(N1CCC(F)(F)CC1)n1cc(C(F)(F)F)nc21. The number of aromatic carboxylic acids is 1. The zero-order valence-corrected chi connectivity index (χ0v) is 20.5. The number of rotatable bonds is 5. The molecule has 200 valence electrons. The highest BCUT2D eigenvalue weighted by molar-refractivity contribution is 6.29. The van der Waals surface area contributed by atoms with Gasteiger partial charge < -0.3 is 15.3 Å². The lowest BCUT2D eigenvalue weighted by atomic mass is 10.0. The second kappa shape index (κ2) is 9.22. The molecule has 0 bridgehead atoms. The van der Waals surface area contributed by atoms with Crippen molar-refractivity contribution in [2.24, 2.45) is 0 Å². The number of fused-ring (bicyclic) bond motifs is 3. The number of imidazole rings is 1. The lowest BCUT2D eigenvalue weighted by Crippen LogP contribution is -2.40. The summed E-state index contributed by atoms with van der Waals surface area (Å²) in [6.45, 7) is 1.51. The number of carboxylic acids is 1. The van der Waals surface area contributed by atoms with Crippen LogP contribution < -0.4 is 10.2 Å². The van der Waals surface area contributed by atoms with Gasteiger partial charge in [0.2, 0.25) is 5.95 Å². The second-order valence-electron chi connectivity index (χ2n) is 9.02. The van der Waals surface area contributed by atoms with Gasteiger partial charge in [-0.1, -0.05) is 23.7 Å². The molecule has 5 rings (SSSR count). The maximum absolute atomic E-state index is 13.8. The number of benzene rings is 1. The molecule has 1 aromatic carbocycles. The number of para-hydroxylation sites is 1. The number of nitrogens with zero attached hydrogens (tertiary/aromatic N) is 5. The third-order valence-electron chi connectivity index (χ3n) is 6.41. The van der Waals surface area contributed by atoms with Crippen LogP contribution in [0.5, 0.6) is 0 Å². The van der Waals surface area contributed by atoms with Gasteiger partial charge in [-0.3, -0.25) is 4.40 Å². The fourth-order valence-corrected chi connectivity index (χ4v) is 4.66. The minimum Gasteiger partial charge on any atom is -0.476 e. The summed E-state index contributed by atoms with van der Waals surface area (Å²) in [6, 6.07) is 7.16. The summed E-state index contributed by atoms with van der Waals surface area (Å²) in [6.07, 6.45) is -4.84. The van der Waals surface area contributed by atoms with Crippen molar-refractivity contribution in [3.05, 3.63) is 58.6 Å². The number of alkyl halides is 5. The minimum atomic E-state index is -4.73. The average molecular weight is 555 g/mol. The molecule has 1 aliphatic rings. The molecule has 0 amide bonds. The number of hydrogen-bond donors (Lipinski definition) is 2. The number of carbonyl (C=O) groups is 1. The first kappa shape index (κ1) is 25.9. The van der Waals surface area contributed by atoms with E-state index < -0.39 is 42.6 Å². The van der Waals surface area contributed by atoms with Crippen molar-refractivity contribution in [1.82, 2.24) is 19.4 Å². The van der Waals surface area contributed by atoms with Crippen molar-refractivity contribution in [2.45, 2.75) is 37.9 Å². The Kier molecular flexibility index (Phi) is 6.28. The first-order valence-corrected chi connectivity index (χ1v) is 11.9. The van der Waals surface area contributed by atoms with Crippen LogP contribution in [0, 0.1) is 0 Å². The molecule has 1 unspecified atom stereocenters. The highest BCUT2D eigenvalue weighted by Crippen LogP contribution is 2.36. The van der Waals surface area contributed by atoms with E-state index in [1.165, 1.54) is 21.4 Å². The van der Waals surface area contributed by atoms with Crippen LogP contribution in [0.25, 0.3) is 16.6 Å². The maximum atomic E-state index is 13.8. The Hall–Kier alpha value is -3.74. The molecule has 0 radical (unpaired) electrons. The van der Waals surface area contributed by atoms with E-state index in [1.807, 2.05) is 0 Å². The largest absolute Gasteiger partial charge is 0.476 e. The molecule has 1 atom stereocenters. The molecule has 4 heterocycles. The van der Waals surface area contributed by atoms with Crippen molar-refractivity contribution < 1.29 is 31.9 Å². The van der Waals surface area contributed by atoms with Crippen LogP contribution in [0.3, 0.4) is 0 Å². The fourth-order valence-electron chi connectivity index (χ4n) is 4.51. The predicted molar refractivity (Wildman–Crippen MR) is 130 cm³/mol. The Labute approximate surface area is 217 Å². The predicted octanol–water partition coefficient (Wildman–Crippen LogP) is 6.06. The van der Waals surface area contributed by atoms with E-state index >= 15 is 0 Å². The molecule has 0 aliphatic carbocycles. The first-order valence-electron chi connectivity index (χ1n) is 11.5. The Balaban J connectivity index is 1.66. The summed E-state index contributed by atoms with van der Waals surface area (Å²) in [5.41, 5.74) is -0.473. The summed E-state index contributed by atoms with van der Waals surface area (Å²) in [5, 5.41) is 12.9. The van der Waals surface area contributed by atoms with Crippen molar-refractivity contribution in [3.8, 4) is 0 Å². The van der Waals surface area contributed by atoms with E-state index in [0.717, 1.165) is 6.20 Å². The normalized spacial score (nSPS) is 16.7. The molecule has 1 fully saturated rings. The Bertz CT molecular complexity index is 1550. The van der Waals surface area contributed by atoms with Gasteiger partial charge in [-0.25, -0.2) is 28.5 Å². The third kappa shape index (κ3) is 4.77. The zero-order valence-electron chi connectivity index (χ0n) is 19.7. The standard InChI is InChI=1S/C24H20ClF5N6O2/c1-12(31-15-5-6-17(25)33-19(15)21(37)38)13-3-2-4-14-18(13)34-22(35-9-7-23(26,27)8-10-35)36-11-16(24(28,29)30)32-20(14)36/h2-6,11-12,31H,7-10H2,1H3,(H,37,38). The first-order chi connectivity index (χ1) is 17.8. The van der Waals surface area contributed by atoms with Crippen molar-refractivity contribution >= 4 is 45.8 Å². The molecular formula is C24H20ClF5N6O2. The number of halogens is 6. The van der Waals surface area contributed by atoms with Crippen LogP contribution in [-0.2, 0) is 6.18 Å². The van der Waals surface area contributed by atoms with Gasteiger partial charge in [-0.05, 0) is 25.1 Å². The van der Waals surface area contributed by atoms with E-state index in [4.69, 9.17) is 11.6 Å². The van der Waals surface area contributed by atoms with E-state index in [-0.39, 0.29) is 41.2 Å². The number of pyridine rings is 1. The second-order valence-corrected chi connectivity index (χ2v) is 9.40. The molecule has 38 heavy (non-hydrogen) atoms. The lowest BCUT2D eigenvalue weighted by molar-refractivity contribution is -0.140. The van der Waals surface area contributed by atoms with Crippen LogP contribution in [-0.4, -0.2) is 49.4 Å². The molecule has 1 saturated heterocycles. The van der Waals surface area contributed by atoms with Gasteiger partial charge in [0.15, 0.2) is 11.4 Å². The Morgan fingerprint density at radius 3 is 2.50 bits per heavy atom. The highest BCUT2D eigenvalue weighted by atomic mass is 35.5. The summed E-state index contributed by atoms with van der Waals surface area (Å²) in [4.78, 5) is 25.5. The summed E-state index contributed by atoms with van der Waals surface area (Å²) >= 11 is 5.84. The van der Waals surface area contributed by atoms with Gasteiger partial charge in [0.25, 0.3) is 5.92 Å². The van der Waals surface area contributed by atoms with Crippen molar-refractivity contribution in [1.29, 1.82) is 0 Å². The Morgan fingerprint density at radius 2 is 1.84 bits per heavy atom. The monoisotopic (exact) mass is 554 g/mol. The van der Waals surface area contributed by atoms with Gasteiger partial charge in [0.1, 0.15) is 10.8 Å². The van der Waals surface area contributed by atoms with Crippen LogP contribution in [0.2, 0.25) is 5.15 Å². The van der Waals surface area contributed by atoms with Crippen molar-refractivity contribution in [2.75, 3.05) is 23.3 Å². The number of hydrogen-bond acceptors (Lipinski definition) is 6. The number of carboxylic acid groups (broad SMARTS) is 1. The highest BCUT2D eigenvalue weighted by Gasteiger charge is 2.37. The molecule has 1 aliphatic heterocycles. The van der Waals surface area contributed by atoms with Crippen LogP contribution in [0.1, 0.15) is 47.6 Å². The number of nitrogens with one attached hydrogen (secondary N) is 1. The molecule has 3 aromatic heterocycles. The summed E-state index contributed by atoms with van der Waals surface area (Å²) in [5.74, 6) is -4.11. The molecule has 14 heteroatoms. The minimum absolute atomic E-state index is 0.00801. The molecule has 4 aromatic rings. The van der Waals surface area contributed by atoms with Gasteiger partial charge in [-0.15, -0.1) is 0 Å². The smallest absolute Gasteiger partial charge is 0.434 e. The molecule has 0 spiro atoms. The molecule has 2 N–H and O–H groups in total. The van der Waals surface area contributed by atoms with Crippen LogP contribution in [0.15, 0.2) is 36.5 Å². The topological polar surface area (TPSA) is 95.6 Å². The van der Waals surface area contributed by atoms with E-state index in [9.17, 15) is 31.9 Å². The number of aromatic nitrogens is 4. The lowest BCUT2D eigenvalue weighted by Gasteiger charge is -2.33. The zero-order chi connectivity index (χ0) is 27.4. The van der Waals surface area contributed by atoms with Crippen molar-refractivity contribution in [3.63, 3.8) is 0 Å². The Morgan fingerprint density at radius 1 is 1.13 bits per heavy atom. The third-order valence-corrected chi connectivity index (χ3v) is 6.62. The summed E-state index contributed by atoms with van der Waals surface area (Å²) < 4.78 is 69.7. The van der Waals surface area contributed by atoms with Gasteiger partial charge in [0.05, 0.1) is 17.2 Å². The van der Waals surface area contributed by atoms with E-state index in [2.05, 4.69) is 20.3 Å². The molecule has 0 saturated carbocycles. The molecular weight excluding hydrogens is 535 g/mol. The fraction of sp³-hybridized carbons (Fsp3) is 0.333. The molecule has 8 nitrogen and oxygen atoms in total. The van der Waals surface area contributed by atoms with Crippen LogP contribution >= 0.6 is 11.6 Å². The van der Waals surface area contributed by atoms with Gasteiger partial charge >= 0.3 is 12.1 Å². The van der Waals surface area contributed by atoms with Crippen LogP contribution in [0.4, 0.5) is 33.6 Å². The van der Waals surface area contributed by atoms with Gasteiger partial charge in [-0.2, -0.15) is 13.2 Å². The number of piperidine rings is 1. The quantitative estimate of drug-likeness (QED) is 0.229. The van der Waals surface area contributed by atoms with E-state index in [1.54, 1.807) is 25.1 Å². The van der Waals surface area contributed by atoms with Gasteiger partial charge in [0, 0.05) is 43.1 Å². The maximum Gasteiger partial charge on any atom is 0.434 e. The average Bonchev–Trinajstić information content (AvgIpc) is 3.31.